The SMILES string of the molecule is Cc1cn([C@H]2C[C@H](OP(=O)(O)OC[C@H]3O[C@@H]([n+]4ccc(N)n(C)c4=O)C[C@@H]3OP(=O)(O)OC[C@H]3O[C@@H](n4cc(C)c(=O)[nH]c4=O)C[C@@H]3O)[C@@H](COP(=O)(O)O)O2)c(=O)[nH]c1=O. The van der Waals surface area contributed by atoms with Gasteiger partial charge in [0.05, 0.1) is 33.0 Å². The fourth-order valence-corrected chi connectivity index (χ4v) is 8.91. The molecule has 0 spiro atoms. The summed E-state index contributed by atoms with van der Waals surface area (Å²) in [5.41, 5.74) is 2.29. The molecule has 28 nitrogen and oxygen atoms in total. The van der Waals surface area contributed by atoms with Crippen molar-refractivity contribution in [3.63, 3.8) is 0 Å². The van der Waals surface area contributed by atoms with Gasteiger partial charge in [-0.25, -0.2) is 23.3 Å². The Morgan fingerprint density at radius 3 is 1.79 bits per heavy atom. The van der Waals surface area contributed by atoms with E-state index in [2.05, 4.69) is 14.5 Å². The lowest BCUT2D eigenvalue weighted by molar-refractivity contribution is -0.775. The summed E-state index contributed by atoms with van der Waals surface area (Å²) in [6, 6.07) is 1.36. The summed E-state index contributed by atoms with van der Waals surface area (Å²) < 4.78 is 85.1. The first-order chi connectivity index (χ1) is 28.4. The third-order valence-electron chi connectivity index (χ3n) is 9.84. The summed E-state index contributed by atoms with van der Waals surface area (Å²) in [5.74, 6) is 0.0702. The minimum atomic E-state index is -5.26. The van der Waals surface area contributed by atoms with Crippen LogP contribution in [0.3, 0.4) is 0 Å². The number of hydrogen-bond acceptors (Lipinski definition) is 18. The van der Waals surface area contributed by atoms with Gasteiger partial charge in [0.25, 0.3) is 11.1 Å². The summed E-state index contributed by atoms with van der Waals surface area (Å²) in [6.45, 7) is 0.240. The lowest BCUT2D eigenvalue weighted by Gasteiger charge is -2.24. The van der Waals surface area contributed by atoms with E-state index in [0.717, 1.165) is 24.5 Å². The van der Waals surface area contributed by atoms with E-state index in [4.69, 9.17) is 38.0 Å². The molecule has 3 aliphatic heterocycles. The van der Waals surface area contributed by atoms with E-state index in [-0.39, 0.29) is 29.8 Å². The number of aliphatic hydroxyl groups excluding tert-OH is 1. The van der Waals surface area contributed by atoms with Gasteiger partial charge in [0, 0.05) is 48.8 Å². The maximum absolute atomic E-state index is 13.4. The molecule has 0 amide bonds. The van der Waals surface area contributed by atoms with Crippen molar-refractivity contribution >= 4 is 29.3 Å². The van der Waals surface area contributed by atoms with Crippen LogP contribution in [0, 0.1) is 13.8 Å². The number of nitrogens with one attached hydrogen (secondary N) is 2. The van der Waals surface area contributed by atoms with E-state index in [0.29, 0.717) is 0 Å². The molecule has 3 aromatic heterocycles. The fourth-order valence-electron chi connectivity index (χ4n) is 6.64. The third-order valence-corrected chi connectivity index (χ3v) is 12.3. The molecule has 9 N–H and O–H groups in total. The predicted octanol–water partition coefficient (Wildman–Crippen LogP) is -2.69. The molecular weight excluding hydrogens is 887 g/mol. The first kappa shape index (κ1) is 46.7. The third kappa shape index (κ3) is 11.2. The Balaban J connectivity index is 1.16. The Hall–Kier alpha value is -3.79. The zero-order valence-corrected chi connectivity index (χ0v) is 34.9. The topological polar surface area (TPSA) is 388 Å². The number of nitrogen functional groups attached to an aromatic ring is 1. The molecule has 3 aliphatic rings. The molecule has 6 heterocycles. The van der Waals surface area contributed by atoms with Crippen LogP contribution in [0.1, 0.15) is 49.1 Å². The van der Waals surface area contributed by atoms with E-state index >= 15 is 0 Å². The van der Waals surface area contributed by atoms with Crippen LogP contribution < -0.4 is 38.5 Å². The second-order valence-electron chi connectivity index (χ2n) is 14.2. The number of phosphoric ester groups is 3. The number of aromatic amines is 2. The minimum absolute atomic E-state index is 0.0702. The molecule has 2 unspecified atom stereocenters. The Morgan fingerprint density at radius 2 is 1.23 bits per heavy atom. The highest BCUT2D eigenvalue weighted by atomic mass is 31.2. The van der Waals surface area contributed by atoms with Crippen molar-refractivity contribution in [2.24, 2.45) is 7.05 Å². The monoisotopic (exact) mass is 930 g/mol. The Bertz CT molecular complexity index is 2570. The van der Waals surface area contributed by atoms with E-state index in [1.165, 1.54) is 39.4 Å². The number of aromatic nitrogens is 6. The van der Waals surface area contributed by atoms with Crippen molar-refractivity contribution in [2.75, 3.05) is 25.6 Å². The number of rotatable bonds is 16. The molecule has 61 heavy (non-hydrogen) atoms. The van der Waals surface area contributed by atoms with Gasteiger partial charge in [0.2, 0.25) is 6.23 Å². The highest BCUT2D eigenvalue weighted by molar-refractivity contribution is 7.47. The molecule has 11 atom stereocenters. The van der Waals surface area contributed by atoms with Gasteiger partial charge in [0.15, 0.2) is 5.82 Å². The van der Waals surface area contributed by atoms with Crippen LogP contribution in [-0.4, -0.2) is 105 Å². The van der Waals surface area contributed by atoms with Crippen molar-refractivity contribution in [3.05, 3.63) is 87.9 Å². The molecule has 3 aromatic rings. The Labute approximate surface area is 341 Å². The lowest BCUT2D eigenvalue weighted by Crippen LogP contribution is -2.56. The average Bonchev–Trinajstić information content (AvgIpc) is 3.86. The van der Waals surface area contributed by atoms with Gasteiger partial charge < -0.3 is 44.6 Å². The molecule has 31 heteroatoms. The van der Waals surface area contributed by atoms with Crippen LogP contribution in [0.5, 0.6) is 0 Å². The van der Waals surface area contributed by atoms with Crippen LogP contribution in [0.2, 0.25) is 0 Å². The summed E-state index contributed by atoms with van der Waals surface area (Å²) in [5, 5.41) is 10.6. The maximum Gasteiger partial charge on any atom is 0.501 e. The minimum Gasteiger partial charge on any atom is -0.390 e. The molecular formula is C30H43N7O21P3+. The van der Waals surface area contributed by atoms with Crippen LogP contribution in [0.15, 0.2) is 48.6 Å². The highest BCUT2D eigenvalue weighted by Gasteiger charge is 2.48. The normalized spacial score (nSPS) is 28.8. The molecule has 0 bridgehead atoms. The van der Waals surface area contributed by atoms with Crippen molar-refractivity contribution < 1.29 is 79.8 Å². The molecule has 0 aromatic carbocycles. The van der Waals surface area contributed by atoms with Gasteiger partial charge in [0.1, 0.15) is 49.2 Å². The molecule has 6 rings (SSSR count). The number of hydrogen-bond donors (Lipinski definition) is 8. The van der Waals surface area contributed by atoms with Gasteiger partial charge in [-0.1, -0.05) is 0 Å². The van der Waals surface area contributed by atoms with Gasteiger partial charge in [-0.05, 0) is 13.8 Å². The summed E-state index contributed by atoms with van der Waals surface area (Å²) >= 11 is 0. The standard InChI is InChI=1S/C30H42N7O21P3/c1-14-9-36(28(41)32-26(14)39)23-6-16(38)19(54-23)11-52-60(47,48)57-17-7-24(35-5-4-22(31)34(3)30(35)43)55-21(17)13-53-61(49,50)58-18-8-25(56-20(18)12-51-59(44,45)46)37-10-15(2)27(40)33-29(37)42/h4-5,9-10,16-21,23-25,31,38H,6-8,11-13H2,1-3H3,(H6,32,33,39,40,41,42,44,45,46,47,48,49,50)/p+1/t16-,17-,18-,19+,20+,21+,23+,24+,25+/m0/s1. The Morgan fingerprint density at radius 1 is 0.754 bits per heavy atom. The number of nitrogens with two attached hydrogens (primary N) is 1. The summed E-state index contributed by atoms with van der Waals surface area (Å²) in [7, 11) is -14.2. The van der Waals surface area contributed by atoms with E-state index in [1.807, 2.05) is 0 Å². The first-order valence-electron chi connectivity index (χ1n) is 18.1. The molecule has 0 radical (unpaired) electrons. The van der Waals surface area contributed by atoms with Gasteiger partial charge in [-0.2, -0.15) is 13.9 Å². The predicted molar refractivity (Wildman–Crippen MR) is 199 cm³/mol. The number of ether oxygens (including phenoxy) is 3. The van der Waals surface area contributed by atoms with E-state index in [9.17, 15) is 62.3 Å². The Kier molecular flexibility index (Phi) is 13.9. The largest absolute Gasteiger partial charge is 0.501 e. The summed E-state index contributed by atoms with van der Waals surface area (Å²) in [6.07, 6.45) is -9.66. The highest BCUT2D eigenvalue weighted by Crippen LogP contribution is 2.52. The van der Waals surface area contributed by atoms with Crippen molar-refractivity contribution in [2.45, 2.75) is 88.4 Å². The van der Waals surface area contributed by atoms with Crippen molar-refractivity contribution in [1.29, 1.82) is 0 Å². The second-order valence-corrected chi connectivity index (χ2v) is 18.3. The fraction of sp³-hybridized carbons (Fsp3) is 0.600. The van der Waals surface area contributed by atoms with Crippen LogP contribution in [0.25, 0.3) is 0 Å². The van der Waals surface area contributed by atoms with Gasteiger partial charge >= 0.3 is 40.5 Å². The zero-order chi connectivity index (χ0) is 44.8. The van der Waals surface area contributed by atoms with Crippen LogP contribution in [0.4, 0.5) is 5.82 Å². The number of aryl methyl sites for hydroxylation is 2. The molecule has 338 valence electrons. The molecule has 0 saturated carbocycles. The van der Waals surface area contributed by atoms with Crippen molar-refractivity contribution in [1.82, 2.24) is 23.7 Å². The van der Waals surface area contributed by atoms with E-state index < -0.39 is 133 Å². The number of phosphoric acid groups is 3. The van der Waals surface area contributed by atoms with Gasteiger partial charge in [-0.3, -0.25) is 51.3 Å². The number of H-pyrrole nitrogens is 2. The maximum atomic E-state index is 13.4. The number of anilines is 1. The lowest BCUT2D eigenvalue weighted by atomic mass is 10.2. The van der Waals surface area contributed by atoms with E-state index in [1.54, 1.807) is 0 Å². The quantitative estimate of drug-likeness (QED) is 0.0535. The number of nitrogens with zero attached hydrogens (tertiary/aromatic N) is 4. The van der Waals surface area contributed by atoms with Crippen LogP contribution >= 0.6 is 23.5 Å². The number of aliphatic hydroxyl groups is 1. The van der Waals surface area contributed by atoms with Gasteiger partial charge in [-0.15, -0.1) is 0 Å². The van der Waals surface area contributed by atoms with Crippen LogP contribution in [-0.2, 0) is 57.6 Å². The second kappa shape index (κ2) is 18.1. The summed E-state index contributed by atoms with van der Waals surface area (Å²) in [4.78, 5) is 106. The first-order valence-corrected chi connectivity index (χ1v) is 22.6. The van der Waals surface area contributed by atoms with Crippen molar-refractivity contribution in [3.8, 4) is 0 Å². The molecule has 0 aliphatic carbocycles. The molecule has 3 fully saturated rings. The zero-order valence-electron chi connectivity index (χ0n) is 32.2. The molecule has 3 saturated heterocycles. The smallest absolute Gasteiger partial charge is 0.390 e. The average molecular weight is 931 g/mol.